The summed E-state index contributed by atoms with van der Waals surface area (Å²) in [6, 6.07) is 2.48. The third kappa shape index (κ3) is 2.91. The molecule has 94 valence electrons. The van der Waals surface area contributed by atoms with Crippen LogP contribution >= 0.6 is 0 Å². The number of rotatable bonds is 5. The van der Waals surface area contributed by atoms with Crippen LogP contribution in [0.3, 0.4) is 0 Å². The summed E-state index contributed by atoms with van der Waals surface area (Å²) < 4.78 is 0.688. The summed E-state index contributed by atoms with van der Waals surface area (Å²) in [5.74, 6) is -0.507. The Hall–Kier alpha value is -1.69. The van der Waals surface area contributed by atoms with Crippen LogP contribution in [-0.4, -0.2) is 34.0 Å². The van der Waals surface area contributed by atoms with E-state index >= 15 is 0 Å². The third-order valence-corrected chi connectivity index (χ3v) is 2.92. The fourth-order valence-electron chi connectivity index (χ4n) is 1.70. The summed E-state index contributed by atoms with van der Waals surface area (Å²) in [6.07, 6.45) is 3.68. The van der Waals surface area contributed by atoms with Crippen LogP contribution in [0.25, 0.3) is 0 Å². The van der Waals surface area contributed by atoms with Crippen molar-refractivity contribution in [3.05, 3.63) is 12.1 Å². The molecule has 6 nitrogen and oxygen atoms in total. The lowest BCUT2D eigenvalue weighted by Crippen LogP contribution is -2.35. The number of aromatic nitrogens is 1. The molecule has 1 aromatic rings. The van der Waals surface area contributed by atoms with E-state index in [0.29, 0.717) is 10.6 Å². The largest absolute Gasteiger partial charge is 0.492 e. The molecule has 0 radical (unpaired) electrons. The second-order valence-electron chi connectivity index (χ2n) is 4.24. The van der Waals surface area contributed by atoms with Gasteiger partial charge in [-0.2, -0.15) is 0 Å². The number of aromatic hydroxyl groups is 2. The summed E-state index contributed by atoms with van der Waals surface area (Å²) in [4.78, 5) is 16.1. The first kappa shape index (κ1) is 11.8. The summed E-state index contributed by atoms with van der Waals surface area (Å²) in [6.45, 7) is 0.867. The number of nitrogens with zero attached hydrogens (tertiary/aromatic N) is 1. The number of nitrogens with one attached hydrogen (secondary N) is 1. The zero-order valence-electron chi connectivity index (χ0n) is 9.43. The second-order valence-corrected chi connectivity index (χ2v) is 4.24. The van der Waals surface area contributed by atoms with Gasteiger partial charge in [0.05, 0.1) is 6.54 Å². The van der Waals surface area contributed by atoms with Gasteiger partial charge in [0.2, 0.25) is 11.8 Å². The van der Waals surface area contributed by atoms with Crippen LogP contribution in [0.4, 0.5) is 0 Å². The van der Waals surface area contributed by atoms with Crippen molar-refractivity contribution in [3.63, 3.8) is 0 Å². The zero-order valence-corrected chi connectivity index (χ0v) is 9.43. The molecule has 6 heteroatoms. The van der Waals surface area contributed by atoms with E-state index in [-0.39, 0.29) is 18.3 Å². The van der Waals surface area contributed by atoms with Crippen molar-refractivity contribution in [2.24, 2.45) is 5.92 Å². The third-order valence-electron chi connectivity index (χ3n) is 2.92. The SMILES string of the molecule is O=C(CNCC1CCC1)On1c(O)ccc1O. The van der Waals surface area contributed by atoms with Gasteiger partial charge in [-0.15, -0.1) is 4.73 Å². The molecule has 0 aromatic carbocycles. The van der Waals surface area contributed by atoms with Gasteiger partial charge in [-0.25, -0.2) is 4.79 Å². The van der Waals surface area contributed by atoms with Crippen molar-refractivity contribution in [2.45, 2.75) is 19.3 Å². The maximum atomic E-state index is 11.4. The molecule has 1 saturated carbocycles. The second kappa shape index (κ2) is 5.09. The molecule has 0 amide bonds. The van der Waals surface area contributed by atoms with E-state index in [1.54, 1.807) is 0 Å². The number of carbonyl (C=O) groups is 1. The van der Waals surface area contributed by atoms with E-state index in [1.165, 1.54) is 31.4 Å². The molecule has 17 heavy (non-hydrogen) atoms. The van der Waals surface area contributed by atoms with Gasteiger partial charge >= 0.3 is 5.97 Å². The van der Waals surface area contributed by atoms with Crippen LogP contribution in [0.5, 0.6) is 11.8 Å². The molecule has 0 saturated heterocycles. The molecule has 0 unspecified atom stereocenters. The maximum absolute atomic E-state index is 11.4. The van der Waals surface area contributed by atoms with Crippen LogP contribution in [0, 0.1) is 5.92 Å². The summed E-state index contributed by atoms with van der Waals surface area (Å²) >= 11 is 0. The zero-order chi connectivity index (χ0) is 12.3. The molecule has 1 aliphatic carbocycles. The normalized spacial score (nSPS) is 15.5. The Morgan fingerprint density at radius 3 is 2.59 bits per heavy atom. The minimum Gasteiger partial charge on any atom is -0.492 e. The predicted octanol–water partition coefficient (Wildman–Crippen LogP) is 0.244. The topological polar surface area (TPSA) is 83.7 Å². The van der Waals surface area contributed by atoms with E-state index in [0.717, 1.165) is 6.54 Å². The van der Waals surface area contributed by atoms with Crippen LogP contribution in [-0.2, 0) is 4.79 Å². The molecule has 0 atom stereocenters. The van der Waals surface area contributed by atoms with Crippen LogP contribution < -0.4 is 10.2 Å². The van der Waals surface area contributed by atoms with E-state index in [1.807, 2.05) is 0 Å². The molecular weight excluding hydrogens is 224 g/mol. The molecule has 1 heterocycles. The molecule has 3 N–H and O–H groups in total. The van der Waals surface area contributed by atoms with Gasteiger partial charge in [0.15, 0.2) is 0 Å². The first-order valence-corrected chi connectivity index (χ1v) is 5.68. The van der Waals surface area contributed by atoms with Gasteiger partial charge in [0.1, 0.15) is 0 Å². The highest BCUT2D eigenvalue weighted by molar-refractivity contribution is 5.72. The lowest BCUT2D eigenvalue weighted by molar-refractivity contribution is -0.144. The average Bonchev–Trinajstić information content (AvgIpc) is 2.53. The van der Waals surface area contributed by atoms with Gasteiger partial charge in [0.25, 0.3) is 0 Å². The Labute approximate surface area is 98.8 Å². The Bertz CT molecular complexity index is 379. The Balaban J connectivity index is 1.73. The number of carbonyl (C=O) groups excluding carboxylic acids is 1. The lowest BCUT2D eigenvalue weighted by Gasteiger charge is -2.25. The minimum absolute atomic E-state index is 0.0631. The molecular formula is C11H16N2O4. The van der Waals surface area contributed by atoms with E-state index in [2.05, 4.69) is 5.32 Å². The fourth-order valence-corrected chi connectivity index (χ4v) is 1.70. The Morgan fingerprint density at radius 1 is 1.41 bits per heavy atom. The first-order chi connectivity index (χ1) is 8.16. The summed E-state index contributed by atoms with van der Waals surface area (Å²) in [7, 11) is 0. The van der Waals surface area contributed by atoms with E-state index < -0.39 is 5.97 Å². The average molecular weight is 240 g/mol. The van der Waals surface area contributed by atoms with Crippen molar-refractivity contribution >= 4 is 5.97 Å². The van der Waals surface area contributed by atoms with Gasteiger partial charge in [-0.1, -0.05) is 6.42 Å². The van der Waals surface area contributed by atoms with Gasteiger partial charge < -0.3 is 20.4 Å². The highest BCUT2D eigenvalue weighted by Crippen LogP contribution is 2.25. The maximum Gasteiger partial charge on any atom is 0.346 e. The van der Waals surface area contributed by atoms with Crippen molar-refractivity contribution in [1.82, 2.24) is 10.0 Å². The van der Waals surface area contributed by atoms with E-state index in [4.69, 9.17) is 4.84 Å². The predicted molar refractivity (Wildman–Crippen MR) is 59.6 cm³/mol. The first-order valence-electron chi connectivity index (χ1n) is 5.68. The van der Waals surface area contributed by atoms with Gasteiger partial charge in [-0.05, 0) is 25.3 Å². The highest BCUT2D eigenvalue weighted by Gasteiger charge is 2.17. The van der Waals surface area contributed by atoms with Crippen LogP contribution in [0.1, 0.15) is 19.3 Å². The monoisotopic (exact) mass is 240 g/mol. The molecule has 1 aromatic heterocycles. The van der Waals surface area contributed by atoms with Crippen LogP contribution in [0.2, 0.25) is 0 Å². The summed E-state index contributed by atoms with van der Waals surface area (Å²) in [5, 5.41) is 21.5. The molecule has 1 fully saturated rings. The van der Waals surface area contributed by atoms with Gasteiger partial charge in [-0.3, -0.25) is 0 Å². The van der Waals surface area contributed by atoms with Crippen molar-refractivity contribution in [1.29, 1.82) is 0 Å². The molecule has 1 aliphatic rings. The Kier molecular flexibility index (Phi) is 3.53. The van der Waals surface area contributed by atoms with Crippen molar-refractivity contribution < 1.29 is 19.8 Å². The van der Waals surface area contributed by atoms with Gasteiger partial charge in [0, 0.05) is 12.1 Å². The molecule has 0 spiro atoms. The lowest BCUT2D eigenvalue weighted by atomic mass is 9.85. The number of hydrogen-bond donors (Lipinski definition) is 3. The van der Waals surface area contributed by atoms with E-state index in [9.17, 15) is 15.0 Å². The minimum atomic E-state index is -0.550. The smallest absolute Gasteiger partial charge is 0.346 e. The molecule has 2 rings (SSSR count). The van der Waals surface area contributed by atoms with Crippen molar-refractivity contribution in [3.8, 4) is 11.8 Å². The standard InChI is InChI=1S/C11H16N2O4/c14-9-4-5-10(15)13(9)17-11(16)7-12-6-8-2-1-3-8/h4-5,8,12,14-15H,1-3,6-7H2. The Morgan fingerprint density at radius 2 is 2.06 bits per heavy atom. The number of hydrogen-bond acceptors (Lipinski definition) is 5. The summed E-state index contributed by atoms with van der Waals surface area (Å²) in [5.41, 5.74) is 0. The molecule has 0 aliphatic heterocycles. The fraction of sp³-hybridized carbons (Fsp3) is 0.545. The molecule has 0 bridgehead atoms. The van der Waals surface area contributed by atoms with Crippen LogP contribution in [0.15, 0.2) is 12.1 Å². The highest BCUT2D eigenvalue weighted by atomic mass is 16.7. The van der Waals surface area contributed by atoms with Crippen molar-refractivity contribution in [2.75, 3.05) is 13.1 Å². The quantitative estimate of drug-likeness (QED) is 0.687.